The number of anilines is 1. The highest BCUT2D eigenvalue weighted by Gasteiger charge is 2.33. The smallest absolute Gasteiger partial charge is 0.246 e. The summed E-state index contributed by atoms with van der Waals surface area (Å²) in [7, 11) is 0. The normalized spacial score (nSPS) is 15.7. The van der Waals surface area contributed by atoms with Gasteiger partial charge >= 0.3 is 0 Å². The third kappa shape index (κ3) is 7.71. The molecule has 0 spiro atoms. The van der Waals surface area contributed by atoms with E-state index >= 15 is 0 Å². The van der Waals surface area contributed by atoms with Gasteiger partial charge in [0, 0.05) is 41.4 Å². The summed E-state index contributed by atoms with van der Waals surface area (Å²) in [5, 5.41) is 6.89. The fourth-order valence-corrected chi connectivity index (χ4v) is 4.62. The summed E-state index contributed by atoms with van der Waals surface area (Å²) in [6.45, 7) is 5.23. The van der Waals surface area contributed by atoms with E-state index < -0.39 is 6.04 Å². The maximum Gasteiger partial charge on any atom is 0.246 e. The van der Waals surface area contributed by atoms with Gasteiger partial charge in [-0.3, -0.25) is 14.5 Å². The van der Waals surface area contributed by atoms with E-state index in [2.05, 4.69) is 15.5 Å². The molecule has 2 amide bonds. The van der Waals surface area contributed by atoms with Crippen LogP contribution in [0.2, 0.25) is 10.0 Å². The summed E-state index contributed by atoms with van der Waals surface area (Å²) in [4.78, 5) is 28.0. The number of halogens is 2. The van der Waals surface area contributed by atoms with Crippen LogP contribution in [-0.4, -0.2) is 49.6 Å². The first-order valence-electron chi connectivity index (χ1n) is 11.4. The summed E-state index contributed by atoms with van der Waals surface area (Å²) in [5.74, 6) is -0.113. The van der Waals surface area contributed by atoms with Crippen LogP contribution in [0.5, 0.6) is 0 Å². The second kappa shape index (κ2) is 12.9. The van der Waals surface area contributed by atoms with Crippen LogP contribution in [0.3, 0.4) is 0 Å². The topological polar surface area (TPSA) is 70.7 Å². The number of likely N-dealkylation sites (tertiary alicyclic amines) is 1. The Morgan fingerprint density at radius 3 is 2.39 bits per heavy atom. The van der Waals surface area contributed by atoms with Gasteiger partial charge in [0.1, 0.15) is 6.04 Å². The highest BCUT2D eigenvalue weighted by Crippen LogP contribution is 2.29. The van der Waals surface area contributed by atoms with E-state index in [9.17, 15) is 9.59 Å². The van der Waals surface area contributed by atoms with E-state index in [1.165, 1.54) is 0 Å². The highest BCUT2D eigenvalue weighted by molar-refractivity contribution is 6.35. The van der Waals surface area contributed by atoms with E-state index in [1.54, 1.807) is 18.2 Å². The molecule has 2 N–H and O–H groups in total. The van der Waals surface area contributed by atoms with Crippen LogP contribution >= 0.6 is 23.2 Å². The molecule has 1 aliphatic rings. The Kier molecular flexibility index (Phi) is 10.0. The third-order valence-corrected chi connectivity index (χ3v) is 6.16. The van der Waals surface area contributed by atoms with Gasteiger partial charge in [-0.2, -0.15) is 0 Å². The summed E-state index contributed by atoms with van der Waals surface area (Å²) in [5.41, 5.74) is 1.46. The Balaban J connectivity index is 1.63. The van der Waals surface area contributed by atoms with E-state index in [0.717, 1.165) is 12.0 Å². The lowest BCUT2D eigenvalue weighted by Gasteiger charge is -2.36. The molecule has 33 heavy (non-hydrogen) atoms. The molecular weight excluding hydrogens is 461 g/mol. The van der Waals surface area contributed by atoms with E-state index in [1.807, 2.05) is 37.3 Å². The van der Waals surface area contributed by atoms with Gasteiger partial charge < -0.3 is 15.4 Å². The van der Waals surface area contributed by atoms with Crippen LogP contribution in [0, 0.1) is 5.92 Å². The predicted molar refractivity (Wildman–Crippen MR) is 133 cm³/mol. The van der Waals surface area contributed by atoms with Gasteiger partial charge in [-0.25, -0.2) is 0 Å². The zero-order valence-corrected chi connectivity index (χ0v) is 20.4. The number of nitrogens with one attached hydrogen (secondary N) is 2. The van der Waals surface area contributed by atoms with Crippen LogP contribution in [0.15, 0.2) is 48.5 Å². The molecule has 2 aromatic rings. The molecule has 2 aromatic carbocycles. The number of hydrogen-bond donors (Lipinski definition) is 2. The second-order valence-corrected chi connectivity index (χ2v) is 8.99. The van der Waals surface area contributed by atoms with Gasteiger partial charge in [-0.15, -0.1) is 0 Å². The molecular formula is C25H31Cl2N3O3. The number of benzene rings is 2. The lowest BCUT2D eigenvalue weighted by atomic mass is 9.93. The van der Waals surface area contributed by atoms with Crippen molar-refractivity contribution in [2.24, 2.45) is 5.92 Å². The standard InChI is InChI=1S/C25H31Cl2N3O3/c1-2-33-14-6-11-28-24(31)19-9-12-30(13-10-19)23(18-7-4-3-5-8-18)25(32)29-22-16-20(26)15-21(27)17-22/h3-5,7-8,15-17,19,23H,2,6,9-14H2,1H3,(H,28,31)(H,29,32)/t23-/m1/s1. The lowest BCUT2D eigenvalue weighted by molar-refractivity contribution is -0.127. The average molecular weight is 492 g/mol. The fourth-order valence-electron chi connectivity index (χ4n) is 4.09. The molecule has 178 valence electrons. The van der Waals surface area contributed by atoms with Gasteiger partial charge in [0.05, 0.1) is 0 Å². The molecule has 0 aromatic heterocycles. The number of amides is 2. The molecule has 0 unspecified atom stereocenters. The van der Waals surface area contributed by atoms with Crippen LogP contribution in [0.25, 0.3) is 0 Å². The van der Waals surface area contributed by atoms with Crippen molar-refractivity contribution in [2.75, 3.05) is 38.2 Å². The molecule has 0 saturated carbocycles. The maximum absolute atomic E-state index is 13.3. The average Bonchev–Trinajstić information content (AvgIpc) is 2.79. The predicted octanol–water partition coefficient (Wildman–Crippen LogP) is 4.93. The quantitative estimate of drug-likeness (QED) is 0.462. The largest absolute Gasteiger partial charge is 0.382 e. The molecule has 1 atom stereocenters. The minimum Gasteiger partial charge on any atom is -0.382 e. The minimum atomic E-state index is -0.473. The summed E-state index contributed by atoms with van der Waals surface area (Å²) in [6.07, 6.45) is 2.22. The second-order valence-electron chi connectivity index (χ2n) is 8.11. The van der Waals surface area contributed by atoms with Crippen LogP contribution in [-0.2, 0) is 14.3 Å². The van der Waals surface area contributed by atoms with Crippen LogP contribution in [0.4, 0.5) is 5.69 Å². The Bertz CT molecular complexity index is 898. The van der Waals surface area contributed by atoms with E-state index in [4.69, 9.17) is 27.9 Å². The maximum atomic E-state index is 13.3. The van der Waals surface area contributed by atoms with Gasteiger partial charge in [0.25, 0.3) is 0 Å². The van der Waals surface area contributed by atoms with Gasteiger partial charge in [0.15, 0.2) is 0 Å². The summed E-state index contributed by atoms with van der Waals surface area (Å²) in [6, 6.07) is 14.2. The van der Waals surface area contributed by atoms with Gasteiger partial charge in [-0.1, -0.05) is 53.5 Å². The summed E-state index contributed by atoms with van der Waals surface area (Å²) >= 11 is 12.2. The lowest BCUT2D eigenvalue weighted by Crippen LogP contribution is -2.45. The monoisotopic (exact) mass is 491 g/mol. The van der Waals surface area contributed by atoms with Crippen molar-refractivity contribution in [3.8, 4) is 0 Å². The number of piperidine rings is 1. The molecule has 0 aliphatic carbocycles. The number of carbonyl (C=O) groups excluding carboxylic acids is 2. The SMILES string of the molecule is CCOCCCNC(=O)C1CCN([C@@H](C(=O)Nc2cc(Cl)cc(Cl)c2)c2ccccc2)CC1. The molecule has 1 fully saturated rings. The first-order valence-corrected chi connectivity index (χ1v) is 12.1. The molecule has 3 rings (SSSR count). The van der Waals surface area contributed by atoms with E-state index in [0.29, 0.717) is 61.4 Å². The Hall–Kier alpha value is -2.12. The van der Waals surface area contributed by atoms with Crippen LogP contribution < -0.4 is 10.6 Å². The number of ether oxygens (including phenoxy) is 1. The molecule has 1 saturated heterocycles. The van der Waals surface area contributed by atoms with Crippen molar-refractivity contribution >= 4 is 40.7 Å². The molecule has 0 bridgehead atoms. The number of hydrogen-bond acceptors (Lipinski definition) is 4. The van der Waals surface area contributed by atoms with E-state index in [-0.39, 0.29) is 17.7 Å². The zero-order chi connectivity index (χ0) is 23.6. The van der Waals surface area contributed by atoms with Gasteiger partial charge in [0.2, 0.25) is 11.8 Å². The number of nitrogens with zero attached hydrogens (tertiary/aromatic N) is 1. The minimum absolute atomic E-state index is 0.0421. The van der Waals surface area contributed by atoms with Gasteiger partial charge in [-0.05, 0) is 63.0 Å². The van der Waals surface area contributed by atoms with Crippen molar-refractivity contribution in [1.29, 1.82) is 0 Å². The Morgan fingerprint density at radius 1 is 1.09 bits per heavy atom. The third-order valence-electron chi connectivity index (χ3n) is 5.73. The van der Waals surface area contributed by atoms with Crippen molar-refractivity contribution < 1.29 is 14.3 Å². The zero-order valence-electron chi connectivity index (χ0n) is 18.9. The molecule has 8 heteroatoms. The highest BCUT2D eigenvalue weighted by atomic mass is 35.5. The Labute approximate surface area is 205 Å². The molecule has 6 nitrogen and oxygen atoms in total. The number of carbonyl (C=O) groups is 2. The molecule has 1 heterocycles. The fraction of sp³-hybridized carbons (Fsp3) is 0.440. The van der Waals surface area contributed by atoms with Crippen molar-refractivity contribution in [1.82, 2.24) is 10.2 Å². The van der Waals surface area contributed by atoms with Crippen LogP contribution in [0.1, 0.15) is 37.8 Å². The van der Waals surface area contributed by atoms with Crippen molar-refractivity contribution in [2.45, 2.75) is 32.2 Å². The first-order chi connectivity index (χ1) is 16.0. The first kappa shape index (κ1) is 25.5. The molecule has 0 radical (unpaired) electrons. The van der Waals surface area contributed by atoms with Crippen molar-refractivity contribution in [3.63, 3.8) is 0 Å². The number of rotatable bonds is 10. The summed E-state index contributed by atoms with van der Waals surface area (Å²) < 4.78 is 5.31. The Morgan fingerprint density at radius 2 is 1.76 bits per heavy atom. The molecule has 1 aliphatic heterocycles. The van der Waals surface area contributed by atoms with Crippen molar-refractivity contribution in [3.05, 3.63) is 64.1 Å².